The summed E-state index contributed by atoms with van der Waals surface area (Å²) in [7, 11) is 0. The molecular formula is C13H9N3O4. The Kier molecular flexibility index (Phi) is 2.60. The number of carbonyl (C=O) groups is 3. The first-order valence-corrected chi connectivity index (χ1v) is 5.80. The van der Waals surface area contributed by atoms with Crippen molar-refractivity contribution in [2.45, 2.75) is 0 Å². The van der Waals surface area contributed by atoms with E-state index in [0.29, 0.717) is 5.56 Å². The molecule has 0 bridgehead atoms. The third kappa shape index (κ3) is 1.95. The number of carbonyl (C=O) groups excluding carboxylic acids is 3. The van der Waals surface area contributed by atoms with Crippen LogP contribution in [0, 0.1) is 0 Å². The second-order valence-electron chi connectivity index (χ2n) is 4.33. The lowest BCUT2D eigenvalue weighted by Gasteiger charge is -2.21. The molecule has 0 saturated carbocycles. The molecule has 1 fully saturated rings. The molecule has 100 valence electrons. The minimum atomic E-state index is -0.677. The fourth-order valence-electron chi connectivity index (χ4n) is 1.96. The van der Waals surface area contributed by atoms with Gasteiger partial charge in [0.1, 0.15) is 18.0 Å². The van der Waals surface area contributed by atoms with Crippen LogP contribution in [-0.2, 0) is 14.4 Å². The van der Waals surface area contributed by atoms with Crippen molar-refractivity contribution in [3.05, 3.63) is 35.5 Å². The van der Waals surface area contributed by atoms with Crippen LogP contribution in [0.2, 0.25) is 0 Å². The molecule has 0 aromatic heterocycles. The number of nitrogens with zero attached hydrogens (tertiary/aromatic N) is 2. The van der Waals surface area contributed by atoms with Crippen LogP contribution < -0.4 is 5.32 Å². The molecule has 1 aromatic carbocycles. The van der Waals surface area contributed by atoms with Gasteiger partial charge in [-0.05, 0) is 23.8 Å². The third-order valence-corrected chi connectivity index (χ3v) is 2.90. The number of fused-ring (bicyclic) bond motifs is 1. The lowest BCUT2D eigenvalue weighted by molar-refractivity contribution is -0.135. The van der Waals surface area contributed by atoms with Crippen molar-refractivity contribution in [3.63, 3.8) is 0 Å². The summed E-state index contributed by atoms with van der Waals surface area (Å²) in [5, 5.41) is 11.3. The number of piperazine rings is 1. The van der Waals surface area contributed by atoms with Gasteiger partial charge in [0.25, 0.3) is 11.8 Å². The monoisotopic (exact) mass is 271 g/mol. The summed E-state index contributed by atoms with van der Waals surface area (Å²) in [5.41, 5.74) is 0.734. The first-order valence-electron chi connectivity index (χ1n) is 5.80. The molecule has 0 aliphatic carbocycles. The number of amides is 3. The van der Waals surface area contributed by atoms with E-state index in [2.05, 4.69) is 10.3 Å². The van der Waals surface area contributed by atoms with Gasteiger partial charge >= 0.3 is 0 Å². The molecular weight excluding hydrogens is 262 g/mol. The van der Waals surface area contributed by atoms with Crippen molar-refractivity contribution in [2.24, 2.45) is 4.99 Å². The Balaban J connectivity index is 1.96. The molecule has 0 unspecified atom stereocenters. The highest BCUT2D eigenvalue weighted by Gasteiger charge is 2.39. The van der Waals surface area contributed by atoms with Crippen molar-refractivity contribution >= 4 is 29.6 Å². The normalized spacial score (nSPS) is 20.0. The molecule has 0 atom stereocenters. The van der Waals surface area contributed by atoms with Gasteiger partial charge in [-0.15, -0.1) is 0 Å². The summed E-state index contributed by atoms with van der Waals surface area (Å²) >= 11 is 0. The van der Waals surface area contributed by atoms with Gasteiger partial charge in [0.05, 0.1) is 0 Å². The molecule has 0 radical (unpaired) electrons. The number of nitrogens with one attached hydrogen (secondary N) is 1. The molecule has 7 heteroatoms. The van der Waals surface area contributed by atoms with Crippen LogP contribution in [0.25, 0.3) is 6.08 Å². The number of phenolic OH excluding ortho intramolecular Hbond substituents is 1. The van der Waals surface area contributed by atoms with Gasteiger partial charge in [-0.3, -0.25) is 24.6 Å². The Bertz CT molecular complexity index is 688. The van der Waals surface area contributed by atoms with Gasteiger partial charge < -0.3 is 5.11 Å². The highest BCUT2D eigenvalue weighted by atomic mass is 16.3. The number of aliphatic imine (C=N–C) groups is 1. The van der Waals surface area contributed by atoms with Gasteiger partial charge in [-0.25, -0.2) is 4.99 Å². The summed E-state index contributed by atoms with van der Waals surface area (Å²) in [6, 6.07) is 6.17. The van der Waals surface area contributed by atoms with Crippen molar-refractivity contribution in [2.75, 3.05) is 6.54 Å². The van der Waals surface area contributed by atoms with Crippen LogP contribution in [0.4, 0.5) is 0 Å². The Labute approximate surface area is 113 Å². The number of phenols is 1. The molecule has 3 amide bonds. The maximum atomic E-state index is 12.1. The van der Waals surface area contributed by atoms with E-state index in [9.17, 15) is 19.5 Å². The van der Waals surface area contributed by atoms with E-state index >= 15 is 0 Å². The number of hydrogen-bond donors (Lipinski definition) is 2. The van der Waals surface area contributed by atoms with Gasteiger partial charge in [0.15, 0.2) is 0 Å². The average molecular weight is 271 g/mol. The quantitative estimate of drug-likeness (QED) is 0.537. The lowest BCUT2D eigenvalue weighted by Crippen LogP contribution is -2.55. The molecule has 7 nitrogen and oxygen atoms in total. The SMILES string of the molecule is O=C1CN2C(=O)/C(=C/c3ccc(O)cc3)N=C2C(=O)N1. The van der Waals surface area contributed by atoms with E-state index in [1.54, 1.807) is 12.1 Å². The van der Waals surface area contributed by atoms with E-state index in [-0.39, 0.29) is 23.8 Å². The first-order chi connectivity index (χ1) is 9.54. The first kappa shape index (κ1) is 12.1. The van der Waals surface area contributed by atoms with Gasteiger partial charge in [0.2, 0.25) is 11.7 Å². The summed E-state index contributed by atoms with van der Waals surface area (Å²) in [5.74, 6) is -1.66. The van der Waals surface area contributed by atoms with Gasteiger partial charge in [0, 0.05) is 0 Å². The number of aromatic hydroxyl groups is 1. The highest BCUT2D eigenvalue weighted by molar-refractivity contribution is 6.47. The van der Waals surface area contributed by atoms with E-state index in [0.717, 1.165) is 4.90 Å². The highest BCUT2D eigenvalue weighted by Crippen LogP contribution is 2.20. The Hall–Kier alpha value is -2.96. The fourth-order valence-corrected chi connectivity index (χ4v) is 1.96. The summed E-state index contributed by atoms with van der Waals surface area (Å²) in [6.07, 6.45) is 1.49. The molecule has 2 heterocycles. The second kappa shape index (κ2) is 4.30. The number of benzene rings is 1. The molecule has 20 heavy (non-hydrogen) atoms. The minimum absolute atomic E-state index is 0.0698. The van der Waals surface area contributed by atoms with Gasteiger partial charge in [-0.1, -0.05) is 12.1 Å². The molecule has 3 rings (SSSR count). The predicted molar refractivity (Wildman–Crippen MR) is 68.4 cm³/mol. The minimum Gasteiger partial charge on any atom is -0.508 e. The van der Waals surface area contributed by atoms with Crippen LogP contribution in [0.3, 0.4) is 0 Å². The Morgan fingerprint density at radius 3 is 2.60 bits per heavy atom. The molecule has 2 N–H and O–H groups in total. The zero-order valence-electron chi connectivity index (χ0n) is 10.2. The standard InChI is InChI=1S/C13H9N3O4/c17-8-3-1-7(2-4-8)5-9-13(20)16-6-10(18)15-12(19)11(16)14-9/h1-5,17H,6H2,(H,15,18,19)/b9-5-. The van der Waals surface area contributed by atoms with Crippen molar-refractivity contribution in [3.8, 4) is 5.75 Å². The fraction of sp³-hybridized carbons (Fsp3) is 0.0769. The summed E-state index contributed by atoms with van der Waals surface area (Å²) in [6.45, 7) is -0.212. The van der Waals surface area contributed by atoms with E-state index in [1.807, 2.05) is 0 Å². The predicted octanol–water partition coefficient (Wildman–Crippen LogP) is -0.370. The largest absolute Gasteiger partial charge is 0.508 e. The van der Waals surface area contributed by atoms with E-state index < -0.39 is 17.7 Å². The molecule has 2 aliphatic heterocycles. The van der Waals surface area contributed by atoms with Crippen molar-refractivity contribution < 1.29 is 19.5 Å². The van der Waals surface area contributed by atoms with Crippen LogP contribution in [0.15, 0.2) is 35.0 Å². The summed E-state index contributed by atoms with van der Waals surface area (Å²) < 4.78 is 0. The van der Waals surface area contributed by atoms with E-state index in [1.165, 1.54) is 18.2 Å². The average Bonchev–Trinajstić information content (AvgIpc) is 2.71. The van der Waals surface area contributed by atoms with Gasteiger partial charge in [-0.2, -0.15) is 0 Å². The smallest absolute Gasteiger partial charge is 0.294 e. The van der Waals surface area contributed by atoms with Crippen LogP contribution >= 0.6 is 0 Å². The molecule has 2 aliphatic rings. The maximum absolute atomic E-state index is 12.1. The maximum Gasteiger partial charge on any atom is 0.294 e. The second-order valence-corrected chi connectivity index (χ2v) is 4.33. The molecule has 1 saturated heterocycles. The van der Waals surface area contributed by atoms with Crippen molar-refractivity contribution in [1.82, 2.24) is 10.2 Å². The zero-order valence-corrected chi connectivity index (χ0v) is 10.2. The Morgan fingerprint density at radius 2 is 1.90 bits per heavy atom. The van der Waals surface area contributed by atoms with E-state index in [4.69, 9.17) is 0 Å². The number of hydrogen-bond acceptors (Lipinski definition) is 5. The summed E-state index contributed by atoms with van der Waals surface area (Å²) in [4.78, 5) is 39.9. The Morgan fingerprint density at radius 1 is 1.20 bits per heavy atom. The van der Waals surface area contributed by atoms with Crippen LogP contribution in [-0.4, -0.2) is 40.1 Å². The van der Waals surface area contributed by atoms with Crippen molar-refractivity contribution in [1.29, 1.82) is 0 Å². The van der Waals surface area contributed by atoms with Crippen LogP contribution in [0.5, 0.6) is 5.75 Å². The van der Waals surface area contributed by atoms with Crippen LogP contribution in [0.1, 0.15) is 5.56 Å². The third-order valence-electron chi connectivity index (χ3n) is 2.90. The lowest BCUT2D eigenvalue weighted by atomic mass is 10.2. The number of rotatable bonds is 1. The molecule has 1 aromatic rings. The topological polar surface area (TPSA) is 99.1 Å². The number of amidine groups is 1. The molecule has 0 spiro atoms. The zero-order chi connectivity index (χ0) is 14.3. The number of imide groups is 1.